The van der Waals surface area contributed by atoms with E-state index in [1.54, 1.807) is 0 Å². The lowest BCUT2D eigenvalue weighted by molar-refractivity contribution is 0.102. The molecule has 30 heavy (non-hydrogen) atoms. The smallest absolute Gasteiger partial charge is 0.278 e. The lowest BCUT2D eigenvalue weighted by Gasteiger charge is -2.28. The summed E-state index contributed by atoms with van der Waals surface area (Å²) in [6.45, 7) is 3.90. The number of para-hydroxylation sites is 2. The number of carbonyl (C=O) groups excluding carboxylic acids is 1. The highest BCUT2D eigenvalue weighted by molar-refractivity contribution is 6.05. The zero-order chi connectivity index (χ0) is 19.5. The molecule has 166 valence electrons. The van der Waals surface area contributed by atoms with Gasteiger partial charge in [-0.25, -0.2) is 4.68 Å². The van der Waals surface area contributed by atoms with Crippen molar-refractivity contribution in [3.63, 3.8) is 0 Å². The van der Waals surface area contributed by atoms with Crippen LogP contribution in [0.3, 0.4) is 0 Å². The minimum atomic E-state index is -0.190. The molecule has 2 N–H and O–H groups in total. The predicted molar refractivity (Wildman–Crippen MR) is 125 cm³/mol. The van der Waals surface area contributed by atoms with Crippen LogP contribution >= 0.6 is 24.8 Å². The van der Waals surface area contributed by atoms with Crippen LogP contribution in [0, 0.1) is 6.92 Å². The Morgan fingerprint density at radius 3 is 2.50 bits per heavy atom. The second kappa shape index (κ2) is 11.0. The molecular formula is C21H32Cl2N6O. The number of hydrogen-bond acceptors (Lipinski definition) is 5. The first-order chi connectivity index (χ1) is 13.6. The van der Waals surface area contributed by atoms with Crippen LogP contribution in [-0.4, -0.2) is 47.1 Å². The van der Waals surface area contributed by atoms with E-state index in [-0.39, 0.29) is 30.7 Å². The number of rotatable bonds is 5. The maximum absolute atomic E-state index is 13.0. The topological polar surface area (TPSA) is 75.1 Å². The van der Waals surface area contributed by atoms with E-state index >= 15 is 0 Å². The van der Waals surface area contributed by atoms with Crippen LogP contribution in [0.4, 0.5) is 11.4 Å². The minimum absolute atomic E-state index is 0. The van der Waals surface area contributed by atoms with Crippen LogP contribution in [0.5, 0.6) is 0 Å². The number of piperidine rings is 1. The zero-order valence-corrected chi connectivity index (χ0v) is 19.3. The molecule has 2 aliphatic rings. The molecule has 0 atom stereocenters. The summed E-state index contributed by atoms with van der Waals surface area (Å²) in [5.41, 5.74) is 3.15. The fourth-order valence-corrected chi connectivity index (χ4v) is 4.51. The SMILES string of the molecule is Cc1c(C(=O)Nc2ccccc2N(C)C2CCCC2)nnn1C1CCNCC1.Cl.Cl. The second-order valence-electron chi connectivity index (χ2n) is 7.97. The third-order valence-corrected chi connectivity index (χ3v) is 6.20. The van der Waals surface area contributed by atoms with Gasteiger partial charge < -0.3 is 15.5 Å². The molecule has 9 heteroatoms. The van der Waals surface area contributed by atoms with Crippen LogP contribution in [0.15, 0.2) is 24.3 Å². The third-order valence-electron chi connectivity index (χ3n) is 6.20. The summed E-state index contributed by atoms with van der Waals surface area (Å²) < 4.78 is 1.92. The van der Waals surface area contributed by atoms with Crippen LogP contribution < -0.4 is 15.5 Å². The number of amides is 1. The van der Waals surface area contributed by atoms with Gasteiger partial charge in [-0.1, -0.05) is 30.2 Å². The molecule has 0 bridgehead atoms. The van der Waals surface area contributed by atoms with E-state index in [0.717, 1.165) is 43.0 Å². The predicted octanol–water partition coefficient (Wildman–Crippen LogP) is 3.99. The van der Waals surface area contributed by atoms with Crippen molar-refractivity contribution in [2.75, 3.05) is 30.4 Å². The standard InChI is InChI=1S/C21H30N6O.2ClH/c1-15-20(24-25-27(15)17-11-13-22-14-12-17)21(28)23-18-9-5-6-10-19(18)26(2)16-7-3-4-8-16;;/h5-6,9-10,16-17,22H,3-4,7-8,11-14H2,1-2H3,(H,23,28);2*1H. The molecule has 1 aliphatic heterocycles. The Labute approximate surface area is 190 Å². The Kier molecular flexibility index (Phi) is 8.94. The first-order valence-electron chi connectivity index (χ1n) is 10.4. The van der Waals surface area contributed by atoms with Crippen molar-refractivity contribution in [1.29, 1.82) is 0 Å². The summed E-state index contributed by atoms with van der Waals surface area (Å²) in [5, 5.41) is 14.9. The number of nitrogens with zero attached hydrogens (tertiary/aromatic N) is 4. The minimum Gasteiger partial charge on any atom is -0.370 e. The fourth-order valence-electron chi connectivity index (χ4n) is 4.51. The largest absolute Gasteiger partial charge is 0.370 e. The van der Waals surface area contributed by atoms with Crippen LogP contribution in [0.25, 0.3) is 0 Å². The molecule has 2 heterocycles. The molecule has 1 aromatic carbocycles. The van der Waals surface area contributed by atoms with Gasteiger partial charge in [-0.05, 0) is 57.8 Å². The Morgan fingerprint density at radius 2 is 1.80 bits per heavy atom. The molecule has 1 aromatic heterocycles. The van der Waals surface area contributed by atoms with Gasteiger partial charge in [0.2, 0.25) is 0 Å². The highest BCUT2D eigenvalue weighted by atomic mass is 35.5. The van der Waals surface area contributed by atoms with E-state index < -0.39 is 0 Å². The molecule has 7 nitrogen and oxygen atoms in total. The number of nitrogens with one attached hydrogen (secondary N) is 2. The van der Waals surface area contributed by atoms with Gasteiger partial charge in [0, 0.05) is 13.1 Å². The van der Waals surface area contributed by atoms with E-state index in [4.69, 9.17) is 0 Å². The zero-order valence-electron chi connectivity index (χ0n) is 17.6. The fraction of sp³-hybridized carbons (Fsp3) is 0.571. The van der Waals surface area contributed by atoms with Crippen molar-refractivity contribution in [1.82, 2.24) is 20.3 Å². The van der Waals surface area contributed by atoms with E-state index in [1.165, 1.54) is 25.7 Å². The Morgan fingerprint density at radius 1 is 1.13 bits per heavy atom. The number of anilines is 2. The van der Waals surface area contributed by atoms with E-state index in [9.17, 15) is 4.79 Å². The van der Waals surface area contributed by atoms with Gasteiger partial charge in [0.15, 0.2) is 5.69 Å². The van der Waals surface area contributed by atoms with Gasteiger partial charge in [0.25, 0.3) is 5.91 Å². The maximum atomic E-state index is 13.0. The molecule has 1 amide bonds. The van der Waals surface area contributed by atoms with Crippen molar-refractivity contribution < 1.29 is 4.79 Å². The molecule has 2 fully saturated rings. The lowest BCUT2D eigenvalue weighted by Crippen LogP contribution is -2.30. The highest BCUT2D eigenvalue weighted by Crippen LogP contribution is 2.32. The summed E-state index contributed by atoms with van der Waals surface area (Å²) in [4.78, 5) is 15.3. The van der Waals surface area contributed by atoms with Crippen LogP contribution in [0.1, 0.15) is 60.7 Å². The van der Waals surface area contributed by atoms with Gasteiger partial charge in [-0.3, -0.25) is 4.79 Å². The molecule has 0 unspecified atom stereocenters. The Balaban J connectivity index is 0.00000160. The quantitative estimate of drug-likeness (QED) is 0.713. The Bertz CT molecular complexity index is 831. The average Bonchev–Trinajstić information content (AvgIpc) is 3.38. The number of halogens is 2. The Hall–Kier alpha value is -1.83. The molecule has 1 saturated heterocycles. The molecule has 2 aromatic rings. The number of benzene rings is 1. The van der Waals surface area contributed by atoms with Crippen molar-refractivity contribution >= 4 is 42.1 Å². The van der Waals surface area contributed by atoms with Gasteiger partial charge in [0.05, 0.1) is 23.1 Å². The van der Waals surface area contributed by atoms with Crippen molar-refractivity contribution in [3.8, 4) is 0 Å². The summed E-state index contributed by atoms with van der Waals surface area (Å²) in [7, 11) is 2.12. The molecule has 0 spiro atoms. The van der Waals surface area contributed by atoms with Gasteiger partial charge in [-0.2, -0.15) is 0 Å². The summed E-state index contributed by atoms with van der Waals surface area (Å²) in [6.07, 6.45) is 7.01. The van der Waals surface area contributed by atoms with Gasteiger partial charge >= 0.3 is 0 Å². The molecule has 1 saturated carbocycles. The normalized spacial score (nSPS) is 17.1. The monoisotopic (exact) mass is 454 g/mol. The van der Waals surface area contributed by atoms with Crippen LogP contribution in [-0.2, 0) is 0 Å². The first kappa shape index (κ1) is 24.4. The highest BCUT2D eigenvalue weighted by Gasteiger charge is 2.25. The van der Waals surface area contributed by atoms with Gasteiger partial charge in [0.1, 0.15) is 0 Å². The number of carbonyl (C=O) groups is 1. The number of aromatic nitrogens is 3. The van der Waals surface area contributed by atoms with E-state index in [0.29, 0.717) is 17.8 Å². The molecule has 4 rings (SSSR count). The molecule has 1 aliphatic carbocycles. The van der Waals surface area contributed by atoms with E-state index in [1.807, 2.05) is 29.8 Å². The first-order valence-corrected chi connectivity index (χ1v) is 10.4. The maximum Gasteiger partial charge on any atom is 0.278 e. The number of hydrogen-bond donors (Lipinski definition) is 2. The van der Waals surface area contributed by atoms with Gasteiger partial charge in [-0.15, -0.1) is 29.9 Å². The summed E-state index contributed by atoms with van der Waals surface area (Å²) in [5.74, 6) is -0.190. The lowest BCUT2D eigenvalue weighted by atomic mass is 10.1. The summed E-state index contributed by atoms with van der Waals surface area (Å²) in [6, 6.07) is 8.88. The third kappa shape index (κ3) is 5.07. The van der Waals surface area contributed by atoms with Crippen molar-refractivity contribution in [2.45, 2.75) is 57.5 Å². The van der Waals surface area contributed by atoms with Crippen molar-refractivity contribution in [2.24, 2.45) is 0 Å². The van der Waals surface area contributed by atoms with Crippen molar-refractivity contribution in [3.05, 3.63) is 35.7 Å². The van der Waals surface area contributed by atoms with E-state index in [2.05, 4.69) is 39.0 Å². The summed E-state index contributed by atoms with van der Waals surface area (Å²) >= 11 is 0. The molecular weight excluding hydrogens is 423 g/mol. The average molecular weight is 455 g/mol. The van der Waals surface area contributed by atoms with Crippen LogP contribution in [0.2, 0.25) is 0 Å². The molecule has 0 radical (unpaired) electrons. The second-order valence-corrected chi connectivity index (χ2v) is 7.97.